The number of hydrogen-bond donors (Lipinski definition) is 1. The lowest BCUT2D eigenvalue weighted by Gasteiger charge is -2.11. The number of furan rings is 1. The second-order valence-electron chi connectivity index (χ2n) is 3.50. The number of nitrogens with one attached hydrogen (secondary N) is 1. The molecule has 3 nitrogen and oxygen atoms in total. The first kappa shape index (κ1) is 8.69. The summed E-state index contributed by atoms with van der Waals surface area (Å²) in [7, 11) is 0. The minimum atomic E-state index is -0.350. The Labute approximate surface area is 80.9 Å². The van der Waals surface area contributed by atoms with E-state index in [2.05, 4.69) is 5.32 Å². The molecule has 1 fully saturated rings. The van der Waals surface area contributed by atoms with Crippen LogP contribution in [-0.2, 0) is 4.79 Å². The molecule has 1 N–H and O–H groups in total. The second-order valence-corrected chi connectivity index (χ2v) is 5.22. The van der Waals surface area contributed by atoms with Gasteiger partial charge < -0.3 is 9.73 Å². The number of carbonyl (C=O) groups excluding carboxylic acids is 1. The van der Waals surface area contributed by atoms with Crippen molar-refractivity contribution in [2.24, 2.45) is 0 Å². The number of hydrogen-bond acceptors (Lipinski definition) is 3. The van der Waals surface area contributed by atoms with Gasteiger partial charge in [0.25, 0.3) is 0 Å². The lowest BCUT2D eigenvalue weighted by atomic mass is 10.2. The van der Waals surface area contributed by atoms with Gasteiger partial charge in [0, 0.05) is 0 Å². The Morgan fingerprint density at radius 1 is 1.62 bits per heavy atom. The fourth-order valence-electron chi connectivity index (χ4n) is 1.24. The molecular weight excluding hydrogens is 186 g/mol. The average molecular weight is 197 g/mol. The van der Waals surface area contributed by atoms with Gasteiger partial charge in [0.05, 0.1) is 11.0 Å². The van der Waals surface area contributed by atoms with E-state index in [9.17, 15) is 4.79 Å². The summed E-state index contributed by atoms with van der Waals surface area (Å²) in [5.74, 6) is 0.878. The van der Waals surface area contributed by atoms with Crippen LogP contribution in [0.5, 0.6) is 0 Å². The topological polar surface area (TPSA) is 42.2 Å². The molecule has 2 rings (SSSR count). The maximum atomic E-state index is 11.4. The summed E-state index contributed by atoms with van der Waals surface area (Å²) < 4.78 is 4.87. The van der Waals surface area contributed by atoms with E-state index in [1.54, 1.807) is 18.0 Å². The summed E-state index contributed by atoms with van der Waals surface area (Å²) in [5, 5.41) is 2.85. The van der Waals surface area contributed by atoms with Crippen molar-refractivity contribution in [3.8, 4) is 0 Å². The van der Waals surface area contributed by atoms with Crippen LogP contribution in [-0.4, -0.2) is 10.7 Å². The average Bonchev–Trinajstić information content (AvgIpc) is 2.60. The zero-order valence-corrected chi connectivity index (χ0v) is 8.35. The Kier molecular flexibility index (Phi) is 1.87. The standard InChI is InChI=1S/C9H11NO2S/c1-9(2)8(11)10-7(13-9)6-4-3-5-12-6/h3-5,7H,1-2H3,(H,10,11). The summed E-state index contributed by atoms with van der Waals surface area (Å²) in [6.07, 6.45) is 1.62. The van der Waals surface area contributed by atoms with Crippen molar-refractivity contribution in [1.29, 1.82) is 0 Å². The summed E-state index contributed by atoms with van der Waals surface area (Å²) in [6, 6.07) is 3.70. The van der Waals surface area contributed by atoms with Crippen molar-refractivity contribution in [2.45, 2.75) is 24.0 Å². The van der Waals surface area contributed by atoms with Gasteiger partial charge in [0.1, 0.15) is 11.1 Å². The minimum absolute atomic E-state index is 0.0301. The van der Waals surface area contributed by atoms with E-state index in [-0.39, 0.29) is 16.0 Å². The van der Waals surface area contributed by atoms with Gasteiger partial charge in [-0.05, 0) is 26.0 Å². The van der Waals surface area contributed by atoms with Crippen molar-refractivity contribution in [3.05, 3.63) is 24.2 Å². The molecule has 2 heterocycles. The van der Waals surface area contributed by atoms with E-state index in [4.69, 9.17) is 4.42 Å². The van der Waals surface area contributed by atoms with Gasteiger partial charge in [-0.2, -0.15) is 0 Å². The number of thioether (sulfide) groups is 1. The van der Waals surface area contributed by atoms with Gasteiger partial charge in [-0.15, -0.1) is 11.8 Å². The molecule has 1 unspecified atom stereocenters. The van der Waals surface area contributed by atoms with E-state index in [0.29, 0.717) is 0 Å². The van der Waals surface area contributed by atoms with Crippen molar-refractivity contribution in [2.75, 3.05) is 0 Å². The molecule has 0 aliphatic carbocycles. The third-order valence-electron chi connectivity index (χ3n) is 2.02. The normalized spacial score (nSPS) is 26.0. The monoisotopic (exact) mass is 197 g/mol. The molecule has 0 saturated carbocycles. The Morgan fingerprint density at radius 3 is 2.85 bits per heavy atom. The second kappa shape index (κ2) is 2.80. The van der Waals surface area contributed by atoms with Crippen LogP contribution < -0.4 is 5.32 Å². The van der Waals surface area contributed by atoms with Crippen LogP contribution in [0.2, 0.25) is 0 Å². The molecule has 0 spiro atoms. The summed E-state index contributed by atoms with van der Waals surface area (Å²) in [5.41, 5.74) is 0. The van der Waals surface area contributed by atoms with Gasteiger partial charge in [0.2, 0.25) is 5.91 Å². The summed E-state index contributed by atoms with van der Waals surface area (Å²) >= 11 is 1.58. The SMILES string of the molecule is CC1(C)SC(c2ccco2)NC1=O. The third kappa shape index (κ3) is 1.46. The zero-order valence-electron chi connectivity index (χ0n) is 7.53. The van der Waals surface area contributed by atoms with Gasteiger partial charge in [-0.1, -0.05) is 0 Å². The lowest BCUT2D eigenvalue weighted by Crippen LogP contribution is -2.30. The highest BCUT2D eigenvalue weighted by molar-refractivity contribution is 8.02. The highest BCUT2D eigenvalue weighted by Crippen LogP contribution is 2.42. The fraction of sp³-hybridized carbons (Fsp3) is 0.444. The van der Waals surface area contributed by atoms with Crippen molar-refractivity contribution in [1.82, 2.24) is 5.32 Å². The molecular formula is C9H11NO2S. The van der Waals surface area contributed by atoms with Crippen molar-refractivity contribution >= 4 is 17.7 Å². The van der Waals surface area contributed by atoms with Gasteiger partial charge >= 0.3 is 0 Å². The van der Waals surface area contributed by atoms with Gasteiger partial charge in [0.15, 0.2) is 0 Å². The predicted octanol–water partition coefficient (Wildman–Crippen LogP) is 1.92. The Bertz CT molecular complexity index is 318. The molecule has 1 aromatic rings. The fourth-order valence-corrected chi connectivity index (χ4v) is 2.41. The molecule has 13 heavy (non-hydrogen) atoms. The van der Waals surface area contributed by atoms with Crippen LogP contribution >= 0.6 is 11.8 Å². The van der Waals surface area contributed by atoms with Gasteiger partial charge in [-0.25, -0.2) is 0 Å². The molecule has 0 radical (unpaired) electrons. The molecule has 1 saturated heterocycles. The molecule has 4 heteroatoms. The van der Waals surface area contributed by atoms with Crippen LogP contribution in [0, 0.1) is 0 Å². The molecule has 1 atom stereocenters. The molecule has 0 aromatic carbocycles. The first-order valence-electron chi connectivity index (χ1n) is 4.12. The van der Waals surface area contributed by atoms with E-state index >= 15 is 0 Å². The van der Waals surface area contributed by atoms with Crippen LogP contribution in [0.1, 0.15) is 25.0 Å². The van der Waals surface area contributed by atoms with E-state index in [0.717, 1.165) is 5.76 Å². The maximum Gasteiger partial charge on any atom is 0.236 e. The number of rotatable bonds is 1. The molecule has 1 amide bonds. The molecule has 70 valence electrons. The third-order valence-corrected chi connectivity index (χ3v) is 3.38. The van der Waals surface area contributed by atoms with Crippen molar-refractivity contribution < 1.29 is 9.21 Å². The molecule has 1 aliphatic rings. The Hall–Kier alpha value is -0.900. The summed E-state index contributed by atoms with van der Waals surface area (Å²) in [4.78, 5) is 11.4. The summed E-state index contributed by atoms with van der Waals surface area (Å²) in [6.45, 7) is 3.83. The largest absolute Gasteiger partial charge is 0.466 e. The quantitative estimate of drug-likeness (QED) is 0.748. The molecule has 1 aliphatic heterocycles. The van der Waals surface area contributed by atoms with Crippen LogP contribution in [0.4, 0.5) is 0 Å². The highest BCUT2D eigenvalue weighted by Gasteiger charge is 2.41. The molecule has 0 bridgehead atoms. The Morgan fingerprint density at radius 2 is 2.38 bits per heavy atom. The number of amides is 1. The first-order valence-corrected chi connectivity index (χ1v) is 5.00. The van der Waals surface area contributed by atoms with Crippen LogP contribution in [0.15, 0.2) is 22.8 Å². The molecule has 1 aromatic heterocycles. The smallest absolute Gasteiger partial charge is 0.236 e. The van der Waals surface area contributed by atoms with Crippen LogP contribution in [0.3, 0.4) is 0 Å². The van der Waals surface area contributed by atoms with Crippen molar-refractivity contribution in [3.63, 3.8) is 0 Å². The van der Waals surface area contributed by atoms with E-state index in [1.165, 1.54) is 0 Å². The first-order chi connectivity index (χ1) is 6.09. The van der Waals surface area contributed by atoms with E-state index < -0.39 is 0 Å². The van der Waals surface area contributed by atoms with Gasteiger partial charge in [-0.3, -0.25) is 4.79 Å². The Balaban J connectivity index is 2.19. The minimum Gasteiger partial charge on any atom is -0.466 e. The van der Waals surface area contributed by atoms with Crippen LogP contribution in [0.25, 0.3) is 0 Å². The zero-order chi connectivity index (χ0) is 9.47. The maximum absolute atomic E-state index is 11.4. The highest BCUT2D eigenvalue weighted by atomic mass is 32.2. The predicted molar refractivity (Wildman–Crippen MR) is 51.3 cm³/mol. The number of carbonyl (C=O) groups is 1. The lowest BCUT2D eigenvalue weighted by molar-refractivity contribution is -0.122. The van der Waals surface area contributed by atoms with E-state index in [1.807, 2.05) is 26.0 Å².